The molecule has 1 aliphatic heterocycles. The normalized spacial score (nSPS) is 17.3. The molecule has 0 radical (unpaired) electrons. The fraction of sp³-hybridized carbons (Fsp3) is 0.444. The van der Waals surface area contributed by atoms with Crippen LogP contribution in [0.2, 0.25) is 0 Å². The molecule has 0 saturated heterocycles. The lowest BCUT2D eigenvalue weighted by molar-refractivity contribution is -0.145. The number of aryl methyl sites for hydroxylation is 2. The summed E-state index contributed by atoms with van der Waals surface area (Å²) in [5.74, 6) is 0.930. The maximum Gasteiger partial charge on any atom is 0.344 e. The van der Waals surface area contributed by atoms with Gasteiger partial charge in [0, 0.05) is 17.7 Å². The van der Waals surface area contributed by atoms with Crippen molar-refractivity contribution in [1.29, 1.82) is 0 Å². The van der Waals surface area contributed by atoms with Gasteiger partial charge in [-0.15, -0.1) is 0 Å². The summed E-state index contributed by atoms with van der Waals surface area (Å²) < 4.78 is 17.1. The highest BCUT2D eigenvalue weighted by molar-refractivity contribution is 7.80. The van der Waals surface area contributed by atoms with Gasteiger partial charge >= 0.3 is 5.97 Å². The molecule has 0 bridgehead atoms. The van der Waals surface area contributed by atoms with Crippen LogP contribution in [0, 0.1) is 13.8 Å². The molecular formula is C27H33N3O4S. The Labute approximate surface area is 212 Å². The number of hydrogen-bond donors (Lipinski definition) is 2. The molecule has 186 valence electrons. The van der Waals surface area contributed by atoms with Crippen LogP contribution in [0.5, 0.6) is 11.5 Å². The van der Waals surface area contributed by atoms with Gasteiger partial charge in [-0.3, -0.25) is 5.43 Å². The van der Waals surface area contributed by atoms with Gasteiger partial charge in [0.2, 0.25) is 0 Å². The number of esters is 1. The van der Waals surface area contributed by atoms with E-state index in [-0.39, 0.29) is 12.2 Å². The van der Waals surface area contributed by atoms with E-state index in [1.807, 2.05) is 24.3 Å². The van der Waals surface area contributed by atoms with Crippen molar-refractivity contribution in [3.63, 3.8) is 0 Å². The molecule has 2 aliphatic rings. The first-order chi connectivity index (χ1) is 16.9. The van der Waals surface area contributed by atoms with Crippen LogP contribution in [0.3, 0.4) is 0 Å². The predicted molar refractivity (Wildman–Crippen MR) is 141 cm³/mol. The smallest absolute Gasteiger partial charge is 0.344 e. The molecule has 0 aromatic heterocycles. The molecular weight excluding hydrogens is 462 g/mol. The molecule has 0 atom stereocenters. The minimum atomic E-state index is -0.402. The molecule has 1 fully saturated rings. The van der Waals surface area contributed by atoms with Crippen molar-refractivity contribution in [1.82, 2.24) is 5.43 Å². The van der Waals surface area contributed by atoms with E-state index in [0.29, 0.717) is 23.9 Å². The minimum Gasteiger partial charge on any atom is -0.486 e. The number of nitrogens with zero attached hydrogens (tertiary/aromatic N) is 1. The first-order valence-corrected chi connectivity index (χ1v) is 12.6. The summed E-state index contributed by atoms with van der Waals surface area (Å²) in [5.41, 5.74) is 7.81. The lowest BCUT2D eigenvalue weighted by Crippen LogP contribution is -2.44. The van der Waals surface area contributed by atoms with Crippen molar-refractivity contribution in [2.75, 3.05) is 18.5 Å². The second kappa shape index (κ2) is 11.1. The number of rotatable bonds is 6. The first kappa shape index (κ1) is 25.0. The van der Waals surface area contributed by atoms with Gasteiger partial charge in [0.25, 0.3) is 0 Å². The van der Waals surface area contributed by atoms with Crippen LogP contribution in [0.15, 0.2) is 41.5 Å². The molecule has 4 rings (SSSR count). The number of carbonyl (C=O) groups excluding carboxylic acids is 1. The van der Waals surface area contributed by atoms with E-state index in [2.05, 4.69) is 36.7 Å². The van der Waals surface area contributed by atoms with E-state index in [9.17, 15) is 4.79 Å². The Kier molecular flexibility index (Phi) is 7.90. The summed E-state index contributed by atoms with van der Waals surface area (Å²) in [5, 5.41) is 8.34. The molecule has 1 heterocycles. The Hall–Kier alpha value is -3.13. The van der Waals surface area contributed by atoms with Crippen molar-refractivity contribution in [2.24, 2.45) is 5.10 Å². The summed E-state index contributed by atoms with van der Waals surface area (Å²) in [6.07, 6.45) is 6.19. The summed E-state index contributed by atoms with van der Waals surface area (Å²) in [4.78, 5) is 11.7. The number of nitrogens with one attached hydrogen (secondary N) is 2. The molecule has 7 nitrogen and oxygen atoms in total. The zero-order chi connectivity index (χ0) is 24.8. The molecule has 1 saturated carbocycles. The number of anilines is 1. The highest BCUT2D eigenvalue weighted by Crippen LogP contribution is 2.43. The lowest BCUT2D eigenvalue weighted by Gasteiger charge is -2.41. The van der Waals surface area contributed by atoms with Crippen molar-refractivity contribution >= 4 is 34.7 Å². The van der Waals surface area contributed by atoms with Gasteiger partial charge in [-0.2, -0.15) is 5.10 Å². The van der Waals surface area contributed by atoms with Crippen molar-refractivity contribution in [2.45, 2.75) is 64.9 Å². The Morgan fingerprint density at radius 1 is 1.11 bits per heavy atom. The summed E-state index contributed by atoms with van der Waals surface area (Å²) >= 11 is 5.51. The van der Waals surface area contributed by atoms with Gasteiger partial charge in [0.15, 0.2) is 11.7 Å². The number of ether oxygens (including phenoxy) is 3. The van der Waals surface area contributed by atoms with E-state index in [0.717, 1.165) is 48.4 Å². The van der Waals surface area contributed by atoms with Crippen molar-refractivity contribution < 1.29 is 19.0 Å². The van der Waals surface area contributed by atoms with E-state index in [1.165, 1.54) is 17.5 Å². The monoisotopic (exact) mass is 495 g/mol. The van der Waals surface area contributed by atoms with Crippen molar-refractivity contribution in [3.8, 4) is 11.5 Å². The second-order valence-corrected chi connectivity index (χ2v) is 9.61. The van der Waals surface area contributed by atoms with E-state index < -0.39 is 5.97 Å². The van der Waals surface area contributed by atoms with Crippen LogP contribution in [0.1, 0.15) is 62.1 Å². The van der Waals surface area contributed by atoms with Crippen LogP contribution < -0.4 is 20.2 Å². The van der Waals surface area contributed by atoms with Crippen LogP contribution in [0.25, 0.3) is 0 Å². The van der Waals surface area contributed by atoms with Gasteiger partial charge < -0.3 is 19.5 Å². The average molecular weight is 496 g/mol. The molecule has 8 heteroatoms. The van der Waals surface area contributed by atoms with Gasteiger partial charge in [-0.25, -0.2) is 4.79 Å². The predicted octanol–water partition coefficient (Wildman–Crippen LogP) is 5.42. The fourth-order valence-corrected chi connectivity index (χ4v) is 4.76. The second-order valence-electron chi connectivity index (χ2n) is 9.20. The maximum atomic E-state index is 11.7. The third-order valence-electron chi connectivity index (χ3n) is 6.56. The number of carbonyl (C=O) groups is 1. The zero-order valence-electron chi connectivity index (χ0n) is 20.6. The first-order valence-electron chi connectivity index (χ1n) is 12.2. The third-order valence-corrected chi connectivity index (χ3v) is 6.76. The number of thiocarbonyl (C=S) groups is 1. The summed E-state index contributed by atoms with van der Waals surface area (Å²) in [6.45, 7) is 6.09. The molecule has 1 aliphatic carbocycles. The summed E-state index contributed by atoms with van der Waals surface area (Å²) in [6, 6.07) is 11.7. The fourth-order valence-electron chi connectivity index (χ4n) is 4.60. The quantitative estimate of drug-likeness (QED) is 0.315. The van der Waals surface area contributed by atoms with Crippen molar-refractivity contribution in [3.05, 3.63) is 53.1 Å². The number of hydrazone groups is 1. The molecule has 35 heavy (non-hydrogen) atoms. The summed E-state index contributed by atoms with van der Waals surface area (Å²) in [7, 11) is 0. The Balaban J connectivity index is 1.54. The molecule has 2 aromatic rings. The SMILES string of the molecule is CCOC(=O)COc1ccc2c(c1)C(=NNC(=S)Nc1ccc(C)c(C)c1)CC1(CCCCC1)O2. The Morgan fingerprint density at radius 2 is 1.91 bits per heavy atom. The average Bonchev–Trinajstić information content (AvgIpc) is 2.84. The maximum absolute atomic E-state index is 11.7. The van der Waals surface area contributed by atoms with E-state index in [4.69, 9.17) is 31.5 Å². The molecule has 0 amide bonds. The van der Waals surface area contributed by atoms with E-state index in [1.54, 1.807) is 6.92 Å². The third kappa shape index (κ3) is 6.31. The van der Waals surface area contributed by atoms with E-state index >= 15 is 0 Å². The Morgan fingerprint density at radius 3 is 2.66 bits per heavy atom. The number of benzene rings is 2. The van der Waals surface area contributed by atoms with Crippen LogP contribution in [-0.4, -0.2) is 35.6 Å². The molecule has 1 spiro atoms. The number of hydrogen-bond acceptors (Lipinski definition) is 6. The van der Waals surface area contributed by atoms with Crippen LogP contribution >= 0.6 is 12.2 Å². The topological polar surface area (TPSA) is 81.2 Å². The van der Waals surface area contributed by atoms with Gasteiger partial charge in [0.1, 0.15) is 17.1 Å². The highest BCUT2D eigenvalue weighted by atomic mass is 32.1. The standard InChI is InChI=1S/C27H33N3O4S/c1-4-32-25(31)17-33-21-10-11-24-22(15-21)23(16-27(34-24)12-6-5-7-13-27)29-30-26(35)28-20-9-8-18(2)19(3)14-20/h8-11,14-15H,4-7,12-13,16-17H2,1-3H3,(H2,28,30,35). The lowest BCUT2D eigenvalue weighted by atomic mass is 9.78. The Bertz CT molecular complexity index is 1130. The number of fused-ring (bicyclic) bond motifs is 1. The zero-order valence-corrected chi connectivity index (χ0v) is 21.4. The minimum absolute atomic E-state index is 0.147. The largest absolute Gasteiger partial charge is 0.486 e. The van der Waals surface area contributed by atoms with Gasteiger partial charge in [-0.1, -0.05) is 12.5 Å². The van der Waals surface area contributed by atoms with Crippen LogP contribution in [0.4, 0.5) is 5.69 Å². The van der Waals surface area contributed by atoms with Gasteiger partial charge in [0.05, 0.1) is 12.3 Å². The highest BCUT2D eigenvalue weighted by Gasteiger charge is 2.40. The molecule has 0 unspecified atom stereocenters. The molecule has 2 aromatic carbocycles. The van der Waals surface area contributed by atoms with Crippen LogP contribution in [-0.2, 0) is 9.53 Å². The molecule has 2 N–H and O–H groups in total. The van der Waals surface area contributed by atoms with Gasteiger partial charge in [-0.05, 0) is 100 Å².